The van der Waals surface area contributed by atoms with E-state index in [0.29, 0.717) is 28.1 Å². The molecule has 0 aromatic heterocycles. The summed E-state index contributed by atoms with van der Waals surface area (Å²) in [5.74, 6) is 38.4. The van der Waals surface area contributed by atoms with Gasteiger partial charge in [-0.25, -0.2) is 28.8 Å². The number of nitrogens with one attached hydrogen (secondary N) is 6. The first-order chi connectivity index (χ1) is 35.2. The van der Waals surface area contributed by atoms with Crippen LogP contribution in [0.5, 0.6) is 0 Å². The highest BCUT2D eigenvalue weighted by Gasteiger charge is 2.35. The van der Waals surface area contributed by atoms with Crippen LogP contribution in [0.3, 0.4) is 0 Å². The molecule has 0 spiro atoms. The van der Waals surface area contributed by atoms with Crippen molar-refractivity contribution in [3.05, 3.63) is 71.3 Å². The van der Waals surface area contributed by atoms with Gasteiger partial charge in [-0.3, -0.25) is 31.9 Å². The Labute approximate surface area is 423 Å². The third kappa shape index (κ3) is 22.3. The summed E-state index contributed by atoms with van der Waals surface area (Å²) in [6, 6.07) is 14.1. The summed E-state index contributed by atoms with van der Waals surface area (Å²) < 4.78 is 31.6. The molecular formula is C55H46N6O12. The Morgan fingerprint density at radius 3 is 1.04 bits per heavy atom. The minimum absolute atomic E-state index is 0.155. The van der Waals surface area contributed by atoms with Gasteiger partial charge in [-0.2, -0.15) is 0 Å². The van der Waals surface area contributed by atoms with Gasteiger partial charge in [0.1, 0.15) is 25.9 Å². The lowest BCUT2D eigenvalue weighted by Gasteiger charge is -2.31. The van der Waals surface area contributed by atoms with E-state index >= 15 is 0 Å². The first kappa shape index (κ1) is 56.6. The predicted octanol–water partition coefficient (Wildman–Crippen LogP) is 8.36. The molecule has 18 nitrogen and oxygen atoms in total. The third-order valence-electron chi connectivity index (χ3n) is 9.13. The van der Waals surface area contributed by atoms with Gasteiger partial charge >= 0.3 is 36.6 Å². The largest absolute Gasteiger partial charge is 0.450 e. The molecule has 0 atom stereocenters. The van der Waals surface area contributed by atoms with Gasteiger partial charge in [-0.1, -0.05) is 25.1 Å². The zero-order chi connectivity index (χ0) is 53.3. The fourth-order valence-corrected chi connectivity index (χ4v) is 5.28. The molecule has 0 aliphatic rings. The Morgan fingerprint density at radius 2 is 0.726 bits per heavy atom. The van der Waals surface area contributed by atoms with Crippen LogP contribution in [-0.2, 0) is 28.4 Å². The molecule has 0 fully saturated rings. The average Bonchev–Trinajstić information content (AvgIpc) is 3.35. The molecule has 3 rings (SSSR count). The summed E-state index contributed by atoms with van der Waals surface area (Å²) in [4.78, 5) is 76.2. The summed E-state index contributed by atoms with van der Waals surface area (Å²) in [5, 5.41) is 15.5. The maximum absolute atomic E-state index is 13.3. The summed E-state index contributed by atoms with van der Waals surface area (Å²) in [7, 11) is 0. The van der Waals surface area contributed by atoms with Crippen LogP contribution >= 0.6 is 0 Å². The molecule has 18 heteroatoms. The number of benzene rings is 3. The van der Waals surface area contributed by atoms with Crippen molar-refractivity contribution < 1.29 is 57.2 Å². The molecule has 0 unspecified atom stereocenters. The number of hydrogen-bond acceptors (Lipinski definition) is 12. The summed E-state index contributed by atoms with van der Waals surface area (Å²) in [6.45, 7) is 9.28. The first-order valence-corrected chi connectivity index (χ1v) is 21.6. The lowest BCUT2D eigenvalue weighted by atomic mass is 9.88. The van der Waals surface area contributed by atoms with Crippen molar-refractivity contribution in [3.8, 4) is 107 Å². The predicted molar refractivity (Wildman–Crippen MR) is 274 cm³/mol. The highest BCUT2D eigenvalue weighted by atomic mass is 16.6. The maximum Gasteiger partial charge on any atom is 0.425 e. The average molecular weight is 983 g/mol. The quantitative estimate of drug-likeness (QED) is 0.0624. The van der Waals surface area contributed by atoms with Crippen molar-refractivity contribution in [2.45, 2.75) is 48.0 Å². The molecule has 6 N–H and O–H groups in total. The minimum Gasteiger partial charge on any atom is -0.450 e. The van der Waals surface area contributed by atoms with E-state index in [-0.39, 0.29) is 42.4 Å². The standard InChI is InChI=1S/C55H46N6O12/c1-8-12-13-14-15-16-17-18-19-20-21-22-23-24-25-26-33-70-54(67)61-48-36-45(32-29-42(48)7)58-51(64)73-39-55(9-2,37-71-49(62)56-43-30-27-40(5)46(34-43)59-52(65)68-10-3)38-72-50(63)57-44-31-28-41(6)47(35-44)60-53(66)69-11-4/h1,27-32,34-36H,9-11,37-39H2,2-7H3,(H,56,62)(H,57,63)(H,58,64)(H,59,65)(H,60,66)(H,61,67). The van der Waals surface area contributed by atoms with Crippen LogP contribution in [0.2, 0.25) is 0 Å². The Kier molecular flexibility index (Phi) is 24.3. The molecule has 0 heterocycles. The molecule has 368 valence electrons. The number of amides is 6. The van der Waals surface area contributed by atoms with Crippen LogP contribution < -0.4 is 31.9 Å². The smallest absolute Gasteiger partial charge is 0.425 e. The second kappa shape index (κ2) is 31.4. The first-order valence-electron chi connectivity index (χ1n) is 21.6. The van der Waals surface area contributed by atoms with E-state index in [9.17, 15) is 28.8 Å². The zero-order valence-corrected chi connectivity index (χ0v) is 40.4. The molecule has 0 saturated heterocycles. The van der Waals surface area contributed by atoms with Crippen LogP contribution in [-0.4, -0.2) is 69.6 Å². The topological polar surface area (TPSA) is 230 Å². The molecule has 0 radical (unpaired) electrons. The number of anilines is 6. The summed E-state index contributed by atoms with van der Waals surface area (Å²) in [6.07, 6.45) is 2.19. The highest BCUT2D eigenvalue weighted by molar-refractivity contribution is 5.92. The normalized spacial score (nSPS) is 9.00. The lowest BCUT2D eigenvalue weighted by Crippen LogP contribution is -2.40. The van der Waals surface area contributed by atoms with E-state index in [1.54, 1.807) is 77.9 Å². The molecule has 3 aromatic carbocycles. The summed E-state index contributed by atoms with van der Waals surface area (Å²) in [5.41, 5.74) is 2.45. The van der Waals surface area contributed by atoms with E-state index in [4.69, 9.17) is 34.8 Å². The molecule has 6 amide bonds. The van der Waals surface area contributed by atoms with E-state index in [0.717, 1.165) is 0 Å². The zero-order valence-electron chi connectivity index (χ0n) is 40.4. The monoisotopic (exact) mass is 982 g/mol. The number of terminal acetylenes is 1. The van der Waals surface area contributed by atoms with Gasteiger partial charge in [0, 0.05) is 81.5 Å². The van der Waals surface area contributed by atoms with E-state index in [1.807, 2.05) is 0 Å². The van der Waals surface area contributed by atoms with Crippen molar-refractivity contribution in [2.24, 2.45) is 5.41 Å². The van der Waals surface area contributed by atoms with Gasteiger partial charge in [0.2, 0.25) is 0 Å². The molecule has 0 saturated carbocycles. The van der Waals surface area contributed by atoms with Crippen LogP contribution in [0.1, 0.15) is 43.9 Å². The van der Waals surface area contributed by atoms with Gasteiger partial charge in [-0.05, 0) is 141 Å². The van der Waals surface area contributed by atoms with Gasteiger partial charge < -0.3 is 28.4 Å². The van der Waals surface area contributed by atoms with E-state index < -0.39 is 61.8 Å². The Hall–Kier alpha value is -10.7. The van der Waals surface area contributed by atoms with Crippen molar-refractivity contribution in [1.82, 2.24) is 0 Å². The summed E-state index contributed by atoms with van der Waals surface area (Å²) >= 11 is 0. The maximum atomic E-state index is 13.3. The molecule has 73 heavy (non-hydrogen) atoms. The Balaban J connectivity index is 1.68. The van der Waals surface area contributed by atoms with Crippen molar-refractivity contribution in [2.75, 3.05) is 64.9 Å². The lowest BCUT2D eigenvalue weighted by molar-refractivity contribution is -0.0104. The molecule has 0 aliphatic carbocycles. The Bertz CT molecular complexity index is 3070. The Morgan fingerprint density at radius 1 is 0.425 bits per heavy atom. The fourth-order valence-electron chi connectivity index (χ4n) is 5.28. The number of aryl methyl sites for hydroxylation is 3. The van der Waals surface area contributed by atoms with E-state index in [2.05, 4.69) is 133 Å². The molecule has 0 aliphatic heterocycles. The van der Waals surface area contributed by atoms with Crippen LogP contribution in [0.25, 0.3) is 0 Å². The van der Waals surface area contributed by atoms with Gasteiger partial charge in [0.05, 0.1) is 18.6 Å². The molecule has 3 aromatic rings. The van der Waals surface area contributed by atoms with Gasteiger partial charge in [0.25, 0.3) is 0 Å². The van der Waals surface area contributed by atoms with Crippen molar-refractivity contribution >= 4 is 70.7 Å². The third-order valence-corrected chi connectivity index (χ3v) is 9.13. The minimum atomic E-state index is -1.31. The number of ether oxygens (including phenoxy) is 6. The van der Waals surface area contributed by atoms with Gasteiger partial charge in [-0.15, -0.1) is 6.42 Å². The van der Waals surface area contributed by atoms with Crippen molar-refractivity contribution in [1.29, 1.82) is 0 Å². The fraction of sp³-hybridized carbons (Fsp3) is 0.236. The number of carbonyl (C=O) groups excluding carboxylic acids is 6. The van der Waals surface area contributed by atoms with Crippen LogP contribution in [0.15, 0.2) is 54.6 Å². The van der Waals surface area contributed by atoms with Crippen LogP contribution in [0, 0.1) is 133 Å². The van der Waals surface area contributed by atoms with Crippen LogP contribution in [0.4, 0.5) is 62.9 Å². The number of rotatable bonds is 15. The second-order valence-electron chi connectivity index (χ2n) is 14.4. The number of carbonyl (C=O) groups is 6. The highest BCUT2D eigenvalue weighted by Crippen LogP contribution is 2.28. The second-order valence-corrected chi connectivity index (χ2v) is 14.4. The van der Waals surface area contributed by atoms with Crippen molar-refractivity contribution in [3.63, 3.8) is 0 Å². The SMILES string of the molecule is C#CC#CC#CC#CC#CC#CC#CC#CC#COC(=O)Nc1cc(NC(=O)OCC(CC)(COC(=O)Nc2ccc(C)c(NC(=O)OCC)c2)COC(=O)Nc2ccc(C)c(NC(=O)OCC)c2)ccc1C. The van der Waals surface area contributed by atoms with Gasteiger partial charge in [0.15, 0.2) is 0 Å². The number of hydrogen-bond donors (Lipinski definition) is 6. The molecule has 0 bridgehead atoms. The van der Waals surface area contributed by atoms with E-state index in [1.165, 1.54) is 18.2 Å². The molecular weight excluding hydrogens is 937 g/mol.